The molecule has 0 unspecified atom stereocenters. The van der Waals surface area contributed by atoms with Gasteiger partial charge in [-0.25, -0.2) is 5.84 Å². The van der Waals surface area contributed by atoms with Crippen molar-refractivity contribution in [1.82, 2.24) is 4.41 Å². The fourth-order valence-corrected chi connectivity index (χ4v) is 2.22. The zero-order valence-corrected chi connectivity index (χ0v) is 13.4. The van der Waals surface area contributed by atoms with E-state index in [0.717, 1.165) is 32.6 Å². The van der Waals surface area contributed by atoms with Crippen LogP contribution in [0, 0.1) is 0 Å². The first-order valence-corrected chi connectivity index (χ1v) is 6.98. The quantitative estimate of drug-likeness (QED) is 0.449. The minimum Gasteiger partial charge on any atom is -0.497 e. The zero-order valence-electron chi connectivity index (χ0n) is 12.5. The molecule has 0 saturated carbocycles. The second kappa shape index (κ2) is 7.11. The fraction of sp³-hybridized carbons (Fsp3) is 0.125. The highest BCUT2D eigenvalue weighted by Crippen LogP contribution is 2.33. The molecule has 0 saturated heterocycles. The molecule has 0 heterocycles. The number of benzene rings is 2. The Hall–Kier alpha value is -2.31. The van der Waals surface area contributed by atoms with Gasteiger partial charge in [0.05, 0.1) is 26.1 Å². The molecule has 0 aliphatic carbocycles. The molecule has 0 bridgehead atoms. The normalized spacial score (nSPS) is 11.2. The van der Waals surface area contributed by atoms with Gasteiger partial charge in [0.2, 0.25) is 0 Å². The smallest absolute Gasteiger partial charge is 0.126 e. The lowest BCUT2D eigenvalue weighted by Gasteiger charge is -2.12. The highest BCUT2D eigenvalue weighted by atomic mass is 32.1. The molecular weight excluding hydrogens is 298 g/mol. The minimum absolute atomic E-state index is 0.529. The van der Waals surface area contributed by atoms with Gasteiger partial charge >= 0.3 is 0 Å². The highest BCUT2D eigenvalue weighted by Gasteiger charge is 2.08. The van der Waals surface area contributed by atoms with Crippen molar-refractivity contribution in [2.75, 3.05) is 14.2 Å². The van der Waals surface area contributed by atoms with Crippen LogP contribution in [0.5, 0.6) is 11.5 Å². The second-order valence-electron chi connectivity index (χ2n) is 4.61. The van der Waals surface area contributed by atoms with Crippen molar-refractivity contribution in [2.24, 2.45) is 11.6 Å². The summed E-state index contributed by atoms with van der Waals surface area (Å²) in [7, 11) is 3.28. The van der Waals surface area contributed by atoms with Gasteiger partial charge in [0.1, 0.15) is 11.5 Å². The molecule has 2 rings (SSSR count). The topological polar surface area (TPSA) is 73.7 Å². The maximum atomic E-state index is 5.93. The van der Waals surface area contributed by atoms with Crippen LogP contribution in [0.2, 0.25) is 0 Å². The van der Waals surface area contributed by atoms with Gasteiger partial charge in [0.25, 0.3) is 0 Å². The Kier molecular flexibility index (Phi) is 5.19. The SMILES string of the molecule is COc1ccc(OC)c(-c2ccc(/C(N)=C/N(N)S)cc2)c1. The Balaban J connectivity index is 2.38. The molecule has 4 N–H and O–H groups in total. The van der Waals surface area contributed by atoms with Gasteiger partial charge < -0.3 is 15.2 Å². The zero-order chi connectivity index (χ0) is 16.1. The van der Waals surface area contributed by atoms with Crippen LogP contribution in [0.1, 0.15) is 5.56 Å². The number of hydrogen-bond acceptors (Lipinski definition) is 6. The number of hydrazine groups is 1. The number of thiol groups is 1. The molecule has 0 spiro atoms. The van der Waals surface area contributed by atoms with E-state index < -0.39 is 0 Å². The van der Waals surface area contributed by atoms with E-state index in [4.69, 9.17) is 21.1 Å². The molecule has 0 amide bonds. The third-order valence-corrected chi connectivity index (χ3v) is 3.32. The van der Waals surface area contributed by atoms with E-state index >= 15 is 0 Å². The van der Waals surface area contributed by atoms with E-state index in [-0.39, 0.29) is 0 Å². The first-order chi connectivity index (χ1) is 10.5. The summed E-state index contributed by atoms with van der Waals surface area (Å²) in [6.07, 6.45) is 1.53. The van der Waals surface area contributed by atoms with Crippen LogP contribution in [-0.2, 0) is 0 Å². The van der Waals surface area contributed by atoms with E-state index in [1.54, 1.807) is 14.2 Å². The van der Waals surface area contributed by atoms with Crippen molar-refractivity contribution in [3.63, 3.8) is 0 Å². The molecule has 2 aromatic carbocycles. The molecule has 0 aliphatic rings. The summed E-state index contributed by atoms with van der Waals surface area (Å²) in [6.45, 7) is 0. The molecule has 0 atom stereocenters. The second-order valence-corrected chi connectivity index (χ2v) is 5.07. The van der Waals surface area contributed by atoms with Gasteiger partial charge in [-0.05, 0) is 29.3 Å². The molecule has 0 radical (unpaired) electrons. The maximum Gasteiger partial charge on any atom is 0.126 e. The molecule has 5 nitrogen and oxygen atoms in total. The molecule has 2 aromatic rings. The maximum absolute atomic E-state index is 5.93. The summed E-state index contributed by atoms with van der Waals surface area (Å²) < 4.78 is 11.8. The number of rotatable bonds is 5. The van der Waals surface area contributed by atoms with Gasteiger partial charge in [-0.15, -0.1) is 0 Å². The lowest BCUT2D eigenvalue weighted by atomic mass is 10.0. The first-order valence-electron chi connectivity index (χ1n) is 6.58. The van der Waals surface area contributed by atoms with Crippen molar-refractivity contribution >= 4 is 18.5 Å². The van der Waals surface area contributed by atoms with Crippen LogP contribution in [0.4, 0.5) is 0 Å². The Morgan fingerprint density at radius 2 is 1.77 bits per heavy atom. The highest BCUT2D eigenvalue weighted by molar-refractivity contribution is 7.77. The predicted octanol–water partition coefficient (Wildman–Crippen LogP) is 2.65. The molecular formula is C16H19N3O2S. The van der Waals surface area contributed by atoms with Crippen molar-refractivity contribution < 1.29 is 9.47 Å². The van der Waals surface area contributed by atoms with E-state index in [2.05, 4.69) is 12.8 Å². The molecule has 0 aromatic heterocycles. The third-order valence-electron chi connectivity index (χ3n) is 3.21. The Morgan fingerprint density at radius 3 is 2.32 bits per heavy atom. The van der Waals surface area contributed by atoms with E-state index in [1.807, 2.05) is 42.5 Å². The lowest BCUT2D eigenvalue weighted by molar-refractivity contribution is 0.404. The average molecular weight is 317 g/mol. The largest absolute Gasteiger partial charge is 0.497 e. The van der Waals surface area contributed by atoms with Crippen LogP contribution in [-0.4, -0.2) is 18.6 Å². The van der Waals surface area contributed by atoms with E-state index in [1.165, 1.54) is 6.20 Å². The summed E-state index contributed by atoms with van der Waals surface area (Å²) in [5.74, 6) is 6.98. The van der Waals surface area contributed by atoms with Gasteiger partial charge in [0.15, 0.2) is 0 Å². The van der Waals surface area contributed by atoms with E-state index in [9.17, 15) is 0 Å². The van der Waals surface area contributed by atoms with Crippen LogP contribution >= 0.6 is 12.8 Å². The average Bonchev–Trinajstić information content (AvgIpc) is 2.53. The van der Waals surface area contributed by atoms with Crippen LogP contribution in [0.25, 0.3) is 16.8 Å². The Morgan fingerprint density at radius 1 is 1.09 bits per heavy atom. The van der Waals surface area contributed by atoms with Crippen LogP contribution in [0.15, 0.2) is 48.7 Å². The number of hydrogen-bond donors (Lipinski definition) is 3. The standard InChI is InChI=1S/C16H19N3O2S/c1-20-13-7-8-16(21-2)14(9-13)11-3-5-12(6-4-11)15(17)10-19(18)22/h3-10,22H,17-18H2,1-2H3/b15-10-. The Bertz CT molecular complexity index is 670. The van der Waals surface area contributed by atoms with Gasteiger partial charge in [0, 0.05) is 5.56 Å². The molecule has 22 heavy (non-hydrogen) atoms. The molecule has 0 fully saturated rings. The molecule has 0 aliphatic heterocycles. The molecule has 6 heteroatoms. The van der Waals surface area contributed by atoms with Crippen LogP contribution in [0.3, 0.4) is 0 Å². The van der Waals surface area contributed by atoms with Gasteiger partial charge in [-0.2, -0.15) is 0 Å². The number of ether oxygens (including phenoxy) is 2. The van der Waals surface area contributed by atoms with Crippen molar-refractivity contribution in [2.45, 2.75) is 0 Å². The number of nitrogens with zero attached hydrogens (tertiary/aromatic N) is 1. The van der Waals surface area contributed by atoms with Gasteiger partial charge in [-0.3, -0.25) is 4.41 Å². The third kappa shape index (κ3) is 3.66. The minimum atomic E-state index is 0.529. The van der Waals surface area contributed by atoms with Crippen molar-refractivity contribution in [1.29, 1.82) is 0 Å². The number of methoxy groups -OCH3 is 2. The summed E-state index contributed by atoms with van der Waals surface area (Å²) in [4.78, 5) is 0. The summed E-state index contributed by atoms with van der Waals surface area (Å²) in [5.41, 5.74) is 9.27. The van der Waals surface area contributed by atoms with Crippen molar-refractivity contribution in [3.05, 3.63) is 54.2 Å². The lowest BCUT2D eigenvalue weighted by Crippen LogP contribution is -2.14. The van der Waals surface area contributed by atoms with Crippen molar-refractivity contribution in [3.8, 4) is 22.6 Å². The number of nitrogens with two attached hydrogens (primary N) is 2. The van der Waals surface area contributed by atoms with Crippen LogP contribution < -0.4 is 21.1 Å². The summed E-state index contributed by atoms with van der Waals surface area (Å²) >= 11 is 3.94. The molecule has 116 valence electrons. The van der Waals surface area contributed by atoms with Gasteiger partial charge in [-0.1, -0.05) is 37.1 Å². The van der Waals surface area contributed by atoms with E-state index in [0.29, 0.717) is 5.70 Å². The fourth-order valence-electron chi connectivity index (χ4n) is 2.10. The monoisotopic (exact) mass is 317 g/mol. The summed E-state index contributed by atoms with van der Waals surface area (Å²) in [5, 5.41) is 0. The Labute approximate surface area is 135 Å². The predicted molar refractivity (Wildman–Crippen MR) is 92.2 cm³/mol. The first kappa shape index (κ1) is 16.1. The summed E-state index contributed by atoms with van der Waals surface area (Å²) in [6, 6.07) is 13.4.